The Balaban J connectivity index is 1.85. The predicted octanol–water partition coefficient (Wildman–Crippen LogP) is 0.687. The minimum Gasteiger partial charge on any atom is -0.368 e. The second-order valence-electron chi connectivity index (χ2n) is 3.32. The fourth-order valence-corrected chi connectivity index (χ4v) is 1.83. The molecule has 2 aromatic rings. The van der Waals surface area contributed by atoms with Crippen LogP contribution in [0.25, 0.3) is 0 Å². The topological polar surface area (TPSA) is 93.8 Å². The lowest BCUT2D eigenvalue weighted by molar-refractivity contribution is 0.0994. The van der Waals surface area contributed by atoms with Gasteiger partial charge in [-0.1, -0.05) is 0 Å². The number of nitrogens with one attached hydrogen (secondary N) is 1. The lowest BCUT2D eigenvalue weighted by Gasteiger charge is -2.03. The molecule has 3 N–H and O–H groups in total. The van der Waals surface area contributed by atoms with Crippen LogP contribution in [-0.4, -0.2) is 27.6 Å². The van der Waals surface area contributed by atoms with Crippen LogP contribution in [0.5, 0.6) is 0 Å². The van der Waals surface area contributed by atoms with Crippen molar-refractivity contribution in [3.8, 4) is 0 Å². The summed E-state index contributed by atoms with van der Waals surface area (Å²) in [5, 5.41) is 12.6. The van der Waals surface area contributed by atoms with Gasteiger partial charge in [0.1, 0.15) is 5.82 Å². The molecular weight excluding hydrogens is 238 g/mol. The summed E-state index contributed by atoms with van der Waals surface area (Å²) in [7, 11) is 0. The molecule has 2 heterocycles. The second-order valence-corrected chi connectivity index (χ2v) is 4.04. The van der Waals surface area contributed by atoms with Crippen molar-refractivity contribution in [3.63, 3.8) is 0 Å². The molecule has 0 fully saturated rings. The largest absolute Gasteiger partial charge is 0.368 e. The smallest absolute Gasteiger partial charge is 0.269 e. The third kappa shape index (κ3) is 3.22. The van der Waals surface area contributed by atoms with Crippen LogP contribution >= 0.6 is 11.3 Å². The highest BCUT2D eigenvalue weighted by Crippen LogP contribution is 2.04. The summed E-state index contributed by atoms with van der Waals surface area (Å²) in [4.78, 5) is 14.9. The molecular formula is C10H11N5OS. The summed E-state index contributed by atoms with van der Waals surface area (Å²) in [6.07, 6.45) is 0.822. The zero-order chi connectivity index (χ0) is 12.1. The highest BCUT2D eigenvalue weighted by Gasteiger charge is 2.02. The first-order chi connectivity index (χ1) is 8.25. The van der Waals surface area contributed by atoms with Crippen LogP contribution in [0, 0.1) is 0 Å². The number of nitrogens with zero attached hydrogens (tertiary/aromatic N) is 3. The van der Waals surface area contributed by atoms with E-state index in [0.29, 0.717) is 12.4 Å². The Labute approximate surface area is 102 Å². The van der Waals surface area contributed by atoms with Gasteiger partial charge in [-0.25, -0.2) is 4.98 Å². The maximum Gasteiger partial charge on any atom is 0.269 e. The van der Waals surface area contributed by atoms with Gasteiger partial charge in [0.2, 0.25) is 0 Å². The third-order valence-electron chi connectivity index (χ3n) is 2.09. The summed E-state index contributed by atoms with van der Waals surface area (Å²) in [5.41, 5.74) is 8.07. The fraction of sp³-hybridized carbons (Fsp3) is 0.200. The molecule has 0 saturated carbocycles. The number of aromatic nitrogens is 3. The first kappa shape index (κ1) is 11.5. The summed E-state index contributed by atoms with van der Waals surface area (Å²) in [6.45, 7) is 0.717. The molecule has 6 nitrogen and oxygen atoms in total. The summed E-state index contributed by atoms with van der Waals surface area (Å²) >= 11 is 1.57. The molecule has 2 aromatic heterocycles. The molecule has 0 unspecified atom stereocenters. The van der Waals surface area contributed by atoms with E-state index in [1.807, 2.05) is 5.38 Å². The first-order valence-electron chi connectivity index (χ1n) is 5.00. The van der Waals surface area contributed by atoms with Gasteiger partial charge in [0.25, 0.3) is 5.91 Å². The van der Waals surface area contributed by atoms with Crippen LogP contribution in [0.15, 0.2) is 23.0 Å². The van der Waals surface area contributed by atoms with E-state index in [0.717, 1.165) is 12.1 Å². The number of hydrogen-bond acceptors (Lipinski definition) is 6. The van der Waals surface area contributed by atoms with Crippen molar-refractivity contribution in [3.05, 3.63) is 34.4 Å². The lowest BCUT2D eigenvalue weighted by Crippen LogP contribution is -2.14. The average Bonchev–Trinajstić information content (AvgIpc) is 2.83. The van der Waals surface area contributed by atoms with Crippen LogP contribution in [0.2, 0.25) is 0 Å². The molecule has 0 atom stereocenters. The van der Waals surface area contributed by atoms with Crippen LogP contribution in [-0.2, 0) is 6.42 Å². The van der Waals surface area contributed by atoms with Crippen molar-refractivity contribution in [1.29, 1.82) is 0 Å². The number of hydrogen-bond donors (Lipinski definition) is 2. The Morgan fingerprint density at radius 3 is 2.88 bits per heavy atom. The standard InChI is InChI=1S/C10H11N5OS/c11-10(16)8-1-2-9(15-14-8)12-4-3-7-5-17-6-13-7/h1-2,5-6H,3-4H2,(H2,11,16)(H,12,15). The van der Waals surface area contributed by atoms with Gasteiger partial charge in [-0.3, -0.25) is 4.79 Å². The molecule has 0 aliphatic heterocycles. The van der Waals surface area contributed by atoms with Crippen molar-refractivity contribution >= 4 is 23.1 Å². The number of nitrogens with two attached hydrogens (primary N) is 1. The van der Waals surface area contributed by atoms with Gasteiger partial charge in [-0.05, 0) is 12.1 Å². The normalized spacial score (nSPS) is 10.1. The van der Waals surface area contributed by atoms with Crippen molar-refractivity contribution in [2.75, 3.05) is 11.9 Å². The number of amides is 1. The van der Waals surface area contributed by atoms with Crippen molar-refractivity contribution in [2.45, 2.75) is 6.42 Å². The number of primary amides is 1. The maximum absolute atomic E-state index is 10.8. The van der Waals surface area contributed by atoms with E-state index in [1.54, 1.807) is 29.0 Å². The Morgan fingerprint density at radius 1 is 1.41 bits per heavy atom. The van der Waals surface area contributed by atoms with Gasteiger partial charge < -0.3 is 11.1 Å². The molecule has 0 bridgehead atoms. The van der Waals surface area contributed by atoms with Gasteiger partial charge >= 0.3 is 0 Å². The predicted molar refractivity (Wildman–Crippen MR) is 64.9 cm³/mol. The Morgan fingerprint density at radius 2 is 2.29 bits per heavy atom. The van der Waals surface area contributed by atoms with E-state index in [1.165, 1.54) is 0 Å². The second kappa shape index (κ2) is 5.35. The summed E-state index contributed by atoms with van der Waals surface area (Å²) in [6, 6.07) is 3.22. The van der Waals surface area contributed by atoms with E-state index in [9.17, 15) is 4.79 Å². The Kier molecular flexibility index (Phi) is 3.61. The molecule has 0 aromatic carbocycles. The highest BCUT2D eigenvalue weighted by atomic mass is 32.1. The highest BCUT2D eigenvalue weighted by molar-refractivity contribution is 7.07. The van der Waals surface area contributed by atoms with E-state index >= 15 is 0 Å². The zero-order valence-electron chi connectivity index (χ0n) is 8.96. The van der Waals surface area contributed by atoms with Gasteiger partial charge in [-0.15, -0.1) is 21.5 Å². The molecule has 7 heteroatoms. The van der Waals surface area contributed by atoms with Gasteiger partial charge in [0, 0.05) is 18.3 Å². The molecule has 0 radical (unpaired) electrons. The molecule has 0 aliphatic carbocycles. The van der Waals surface area contributed by atoms with E-state index in [-0.39, 0.29) is 5.69 Å². The van der Waals surface area contributed by atoms with Crippen LogP contribution in [0.3, 0.4) is 0 Å². The molecule has 2 rings (SSSR count). The average molecular weight is 249 g/mol. The summed E-state index contributed by atoms with van der Waals surface area (Å²) < 4.78 is 0. The molecule has 88 valence electrons. The number of rotatable bonds is 5. The van der Waals surface area contributed by atoms with Gasteiger partial charge in [-0.2, -0.15) is 0 Å². The maximum atomic E-state index is 10.8. The molecule has 1 amide bonds. The Bertz CT molecular complexity index is 482. The van der Waals surface area contributed by atoms with Crippen molar-refractivity contribution in [2.24, 2.45) is 5.73 Å². The summed E-state index contributed by atoms with van der Waals surface area (Å²) in [5.74, 6) is 0.0387. The van der Waals surface area contributed by atoms with Gasteiger partial charge in [0.05, 0.1) is 11.2 Å². The SMILES string of the molecule is NC(=O)c1ccc(NCCc2cscn2)nn1. The molecule has 0 aliphatic rings. The van der Waals surface area contributed by atoms with E-state index < -0.39 is 5.91 Å². The molecule has 0 spiro atoms. The fourth-order valence-electron chi connectivity index (χ4n) is 1.24. The quantitative estimate of drug-likeness (QED) is 0.813. The number of carbonyl (C=O) groups excluding carboxylic acids is 1. The number of thiazole rings is 1. The molecule has 17 heavy (non-hydrogen) atoms. The lowest BCUT2D eigenvalue weighted by atomic mass is 10.3. The minimum absolute atomic E-state index is 0.162. The van der Waals surface area contributed by atoms with Gasteiger partial charge in [0.15, 0.2) is 5.69 Å². The first-order valence-corrected chi connectivity index (χ1v) is 5.94. The van der Waals surface area contributed by atoms with Crippen molar-refractivity contribution in [1.82, 2.24) is 15.2 Å². The minimum atomic E-state index is -0.577. The third-order valence-corrected chi connectivity index (χ3v) is 2.72. The number of anilines is 1. The van der Waals surface area contributed by atoms with E-state index in [4.69, 9.17) is 5.73 Å². The van der Waals surface area contributed by atoms with Crippen LogP contribution in [0.1, 0.15) is 16.2 Å². The number of carbonyl (C=O) groups is 1. The Hall–Kier alpha value is -2.02. The monoisotopic (exact) mass is 249 g/mol. The van der Waals surface area contributed by atoms with Crippen LogP contribution in [0.4, 0.5) is 5.82 Å². The van der Waals surface area contributed by atoms with E-state index in [2.05, 4.69) is 20.5 Å². The zero-order valence-corrected chi connectivity index (χ0v) is 9.78. The van der Waals surface area contributed by atoms with Crippen molar-refractivity contribution < 1.29 is 4.79 Å². The molecule has 0 saturated heterocycles. The van der Waals surface area contributed by atoms with Crippen LogP contribution < -0.4 is 11.1 Å².